The molecule has 21 heavy (non-hydrogen) atoms. The molecule has 2 unspecified atom stereocenters. The van der Waals surface area contributed by atoms with Gasteiger partial charge in [-0.05, 0) is 18.4 Å². The zero-order valence-electron chi connectivity index (χ0n) is 13.2. The van der Waals surface area contributed by atoms with Crippen LogP contribution < -0.4 is 4.90 Å². The molecule has 1 saturated heterocycles. The molecule has 0 aromatic carbocycles. The van der Waals surface area contributed by atoms with E-state index in [9.17, 15) is 5.11 Å². The molecule has 0 spiro atoms. The molecule has 2 atom stereocenters. The minimum atomic E-state index is -0.286. The Hall–Kier alpha value is -1.62. The molecule has 5 heteroatoms. The first-order valence-corrected chi connectivity index (χ1v) is 7.64. The highest BCUT2D eigenvalue weighted by molar-refractivity contribution is 5.69. The van der Waals surface area contributed by atoms with Crippen molar-refractivity contribution in [2.45, 2.75) is 45.6 Å². The SMILES string of the molecule is CC1CCN(c2nccn3nc(C(C)(C)C)cc23)CC1O. The Morgan fingerprint density at radius 3 is 2.76 bits per heavy atom. The van der Waals surface area contributed by atoms with Gasteiger partial charge >= 0.3 is 0 Å². The van der Waals surface area contributed by atoms with Crippen LogP contribution in [0, 0.1) is 5.92 Å². The summed E-state index contributed by atoms with van der Waals surface area (Å²) < 4.78 is 1.90. The molecule has 1 fully saturated rings. The minimum Gasteiger partial charge on any atom is -0.391 e. The molecule has 3 heterocycles. The standard InChI is InChI=1S/C16H24N4O/c1-11-5-7-19(10-13(11)21)15-12-9-14(16(2,3)4)18-20(12)8-6-17-15/h6,8-9,11,13,21H,5,7,10H2,1-4H3. The highest BCUT2D eigenvalue weighted by Crippen LogP contribution is 2.28. The van der Waals surface area contributed by atoms with E-state index in [-0.39, 0.29) is 11.5 Å². The second-order valence-electron chi connectivity index (χ2n) is 7.14. The molecule has 1 aliphatic heterocycles. The lowest BCUT2D eigenvalue weighted by Gasteiger charge is -2.35. The van der Waals surface area contributed by atoms with Crippen molar-refractivity contribution < 1.29 is 5.11 Å². The van der Waals surface area contributed by atoms with Gasteiger partial charge in [0.05, 0.1) is 11.8 Å². The van der Waals surface area contributed by atoms with Crippen LogP contribution in [0.1, 0.15) is 39.8 Å². The second-order valence-corrected chi connectivity index (χ2v) is 7.14. The van der Waals surface area contributed by atoms with Crippen molar-refractivity contribution >= 4 is 11.3 Å². The zero-order valence-corrected chi connectivity index (χ0v) is 13.2. The number of aliphatic hydroxyl groups is 1. The average Bonchev–Trinajstić information content (AvgIpc) is 2.86. The van der Waals surface area contributed by atoms with E-state index in [4.69, 9.17) is 0 Å². The molecule has 0 aliphatic carbocycles. The first kappa shape index (κ1) is 14.3. The molecule has 0 saturated carbocycles. The van der Waals surface area contributed by atoms with Crippen LogP contribution >= 0.6 is 0 Å². The quantitative estimate of drug-likeness (QED) is 0.874. The van der Waals surface area contributed by atoms with Crippen LogP contribution in [0.2, 0.25) is 0 Å². The number of hydrogen-bond donors (Lipinski definition) is 1. The van der Waals surface area contributed by atoms with E-state index in [1.54, 1.807) is 6.20 Å². The van der Waals surface area contributed by atoms with Crippen molar-refractivity contribution in [2.24, 2.45) is 5.92 Å². The van der Waals surface area contributed by atoms with Crippen molar-refractivity contribution in [1.82, 2.24) is 14.6 Å². The Kier molecular flexibility index (Phi) is 3.40. The Morgan fingerprint density at radius 1 is 1.33 bits per heavy atom. The third-order valence-electron chi connectivity index (χ3n) is 4.36. The molecule has 1 aliphatic rings. The predicted molar refractivity (Wildman–Crippen MR) is 83.7 cm³/mol. The van der Waals surface area contributed by atoms with E-state index >= 15 is 0 Å². The Morgan fingerprint density at radius 2 is 2.10 bits per heavy atom. The van der Waals surface area contributed by atoms with E-state index in [1.807, 2.05) is 10.7 Å². The van der Waals surface area contributed by atoms with Gasteiger partial charge in [0.15, 0.2) is 5.82 Å². The smallest absolute Gasteiger partial charge is 0.154 e. The van der Waals surface area contributed by atoms with Gasteiger partial charge in [-0.1, -0.05) is 27.7 Å². The number of piperidine rings is 1. The van der Waals surface area contributed by atoms with Gasteiger partial charge < -0.3 is 10.0 Å². The minimum absolute atomic E-state index is 0.0131. The van der Waals surface area contributed by atoms with Gasteiger partial charge in [0.2, 0.25) is 0 Å². The third-order valence-corrected chi connectivity index (χ3v) is 4.36. The maximum Gasteiger partial charge on any atom is 0.154 e. The Bertz CT molecular complexity index is 643. The lowest BCUT2D eigenvalue weighted by atomic mass is 9.92. The van der Waals surface area contributed by atoms with Crippen molar-refractivity contribution in [3.05, 3.63) is 24.2 Å². The fourth-order valence-electron chi connectivity index (χ4n) is 2.76. The molecular formula is C16H24N4O. The first-order chi connectivity index (χ1) is 9.86. The molecule has 0 amide bonds. The van der Waals surface area contributed by atoms with Crippen molar-refractivity contribution in [1.29, 1.82) is 0 Å². The zero-order chi connectivity index (χ0) is 15.2. The summed E-state index contributed by atoms with van der Waals surface area (Å²) in [6, 6.07) is 2.12. The van der Waals surface area contributed by atoms with Crippen LogP contribution in [0.3, 0.4) is 0 Å². The number of nitrogens with zero attached hydrogens (tertiary/aromatic N) is 4. The van der Waals surface area contributed by atoms with Gasteiger partial charge in [0.1, 0.15) is 5.52 Å². The van der Waals surface area contributed by atoms with Gasteiger partial charge in [-0.2, -0.15) is 5.10 Å². The lowest BCUT2D eigenvalue weighted by Crippen LogP contribution is -2.43. The molecule has 0 bridgehead atoms. The van der Waals surface area contributed by atoms with Crippen LogP contribution in [0.25, 0.3) is 5.52 Å². The van der Waals surface area contributed by atoms with E-state index in [0.717, 1.165) is 30.0 Å². The van der Waals surface area contributed by atoms with Crippen LogP contribution in [-0.2, 0) is 5.41 Å². The van der Waals surface area contributed by atoms with Crippen LogP contribution in [0.15, 0.2) is 18.5 Å². The van der Waals surface area contributed by atoms with Gasteiger partial charge in [0, 0.05) is 30.9 Å². The monoisotopic (exact) mass is 288 g/mol. The van der Waals surface area contributed by atoms with Crippen molar-refractivity contribution in [3.8, 4) is 0 Å². The third kappa shape index (κ3) is 2.62. The number of rotatable bonds is 1. The predicted octanol–water partition coefficient (Wildman–Crippen LogP) is 2.23. The largest absolute Gasteiger partial charge is 0.391 e. The van der Waals surface area contributed by atoms with Crippen molar-refractivity contribution in [3.63, 3.8) is 0 Å². The summed E-state index contributed by atoms with van der Waals surface area (Å²) >= 11 is 0. The van der Waals surface area contributed by atoms with E-state index < -0.39 is 0 Å². The van der Waals surface area contributed by atoms with Crippen LogP contribution in [-0.4, -0.2) is 38.9 Å². The maximum atomic E-state index is 10.1. The fourth-order valence-corrected chi connectivity index (χ4v) is 2.76. The van der Waals surface area contributed by atoms with E-state index in [2.05, 4.69) is 48.7 Å². The number of hydrogen-bond acceptors (Lipinski definition) is 4. The molecular weight excluding hydrogens is 264 g/mol. The molecule has 5 nitrogen and oxygen atoms in total. The summed E-state index contributed by atoms with van der Waals surface area (Å²) in [6.45, 7) is 10.2. The number of aromatic nitrogens is 3. The van der Waals surface area contributed by atoms with Gasteiger partial charge in [-0.15, -0.1) is 0 Å². The highest BCUT2D eigenvalue weighted by atomic mass is 16.3. The molecule has 1 N–H and O–H groups in total. The summed E-state index contributed by atoms with van der Waals surface area (Å²) in [5.41, 5.74) is 2.09. The van der Waals surface area contributed by atoms with E-state index in [0.29, 0.717) is 12.5 Å². The van der Waals surface area contributed by atoms with E-state index in [1.165, 1.54) is 0 Å². The molecule has 2 aromatic rings. The average molecular weight is 288 g/mol. The highest BCUT2D eigenvalue weighted by Gasteiger charge is 2.27. The second kappa shape index (κ2) is 4.98. The van der Waals surface area contributed by atoms with Gasteiger partial charge in [0.25, 0.3) is 0 Å². The molecule has 3 rings (SSSR count). The van der Waals surface area contributed by atoms with Crippen LogP contribution in [0.5, 0.6) is 0 Å². The number of aliphatic hydroxyl groups excluding tert-OH is 1. The van der Waals surface area contributed by atoms with Gasteiger partial charge in [-0.3, -0.25) is 0 Å². The maximum absolute atomic E-state index is 10.1. The summed E-state index contributed by atoms with van der Waals surface area (Å²) in [5, 5.41) is 14.8. The number of β-amino-alcohol motifs (C(OH)–C–C–N with tert-alkyl or cyclic N) is 1. The first-order valence-electron chi connectivity index (χ1n) is 7.64. The molecule has 0 radical (unpaired) electrons. The summed E-state index contributed by atoms with van der Waals surface area (Å²) in [7, 11) is 0. The fraction of sp³-hybridized carbons (Fsp3) is 0.625. The van der Waals surface area contributed by atoms with Crippen molar-refractivity contribution in [2.75, 3.05) is 18.0 Å². The Labute approximate surface area is 125 Å². The molecule has 114 valence electrons. The normalized spacial score (nSPS) is 23.8. The Balaban J connectivity index is 2.01. The summed E-state index contributed by atoms with van der Waals surface area (Å²) in [6.07, 6.45) is 4.37. The van der Waals surface area contributed by atoms with Crippen LogP contribution in [0.4, 0.5) is 5.82 Å². The molecule has 2 aromatic heterocycles. The summed E-state index contributed by atoms with van der Waals surface area (Å²) in [5.74, 6) is 1.28. The lowest BCUT2D eigenvalue weighted by molar-refractivity contribution is 0.102. The van der Waals surface area contributed by atoms with Gasteiger partial charge in [-0.25, -0.2) is 9.50 Å². The summed E-state index contributed by atoms with van der Waals surface area (Å²) in [4.78, 5) is 6.71. The topological polar surface area (TPSA) is 53.7 Å². The number of fused-ring (bicyclic) bond motifs is 1. The number of anilines is 1.